The third kappa shape index (κ3) is 2.93. The molecule has 8 nitrogen and oxygen atoms in total. The van der Waals surface area contributed by atoms with Crippen molar-refractivity contribution in [3.63, 3.8) is 0 Å². The minimum atomic E-state index is -0.885. The summed E-state index contributed by atoms with van der Waals surface area (Å²) < 4.78 is 5.38. The van der Waals surface area contributed by atoms with Gasteiger partial charge in [-0.15, -0.1) is 0 Å². The summed E-state index contributed by atoms with van der Waals surface area (Å²) in [5.74, 6) is -0.845. The van der Waals surface area contributed by atoms with E-state index in [1.807, 2.05) is 0 Å². The van der Waals surface area contributed by atoms with Crippen LogP contribution in [-0.4, -0.2) is 72.0 Å². The predicted octanol–water partition coefficient (Wildman–Crippen LogP) is 0.886. The van der Waals surface area contributed by atoms with E-state index in [4.69, 9.17) is 4.74 Å². The fourth-order valence-electron chi connectivity index (χ4n) is 4.50. The van der Waals surface area contributed by atoms with Crippen molar-refractivity contribution in [2.75, 3.05) is 44.6 Å². The van der Waals surface area contributed by atoms with Crippen LogP contribution in [0.15, 0.2) is 18.2 Å². The number of fused-ring (bicyclic) bond motifs is 2. The standard InChI is InChI=1S/C19H23N3O5/c1-2-5-21-7-13-8-22(11-19(13,10-21)18(25)26)17(24)12-3-4-14-15(6-12)27-9-16(23)20-14/h3-4,6,13H,2,5,7-11H2,1H3,(H,20,23)(H,25,26)/t13-,19-/m1/s1. The fraction of sp³-hybridized carbons (Fsp3) is 0.526. The lowest BCUT2D eigenvalue weighted by atomic mass is 9.81. The Morgan fingerprint density at radius 1 is 1.33 bits per heavy atom. The van der Waals surface area contributed by atoms with Gasteiger partial charge in [-0.05, 0) is 31.2 Å². The summed E-state index contributed by atoms with van der Waals surface area (Å²) in [5.41, 5.74) is 0.0953. The summed E-state index contributed by atoms with van der Waals surface area (Å²) >= 11 is 0. The minimum Gasteiger partial charge on any atom is -0.482 e. The van der Waals surface area contributed by atoms with E-state index in [9.17, 15) is 19.5 Å². The molecule has 2 amide bonds. The molecular formula is C19H23N3O5. The van der Waals surface area contributed by atoms with Crippen LogP contribution in [0.4, 0.5) is 5.69 Å². The van der Waals surface area contributed by atoms with Gasteiger partial charge in [0.05, 0.1) is 5.69 Å². The molecule has 1 aromatic carbocycles. The Labute approximate surface area is 157 Å². The summed E-state index contributed by atoms with van der Waals surface area (Å²) in [6.07, 6.45) is 0.983. The number of carboxylic acids is 1. The van der Waals surface area contributed by atoms with Crippen LogP contribution < -0.4 is 10.1 Å². The number of hydrogen-bond donors (Lipinski definition) is 2. The van der Waals surface area contributed by atoms with Crippen LogP contribution in [0.25, 0.3) is 0 Å². The molecule has 0 saturated carbocycles. The molecule has 8 heteroatoms. The Balaban J connectivity index is 1.53. The molecule has 0 aliphatic carbocycles. The van der Waals surface area contributed by atoms with Crippen molar-refractivity contribution in [1.29, 1.82) is 0 Å². The average Bonchev–Trinajstić information content (AvgIpc) is 3.16. The van der Waals surface area contributed by atoms with E-state index in [2.05, 4.69) is 17.1 Å². The van der Waals surface area contributed by atoms with Crippen molar-refractivity contribution in [3.8, 4) is 5.75 Å². The molecule has 144 valence electrons. The van der Waals surface area contributed by atoms with E-state index < -0.39 is 11.4 Å². The topological polar surface area (TPSA) is 99.2 Å². The van der Waals surface area contributed by atoms with Gasteiger partial charge in [0.25, 0.3) is 11.8 Å². The van der Waals surface area contributed by atoms with E-state index in [1.165, 1.54) is 0 Å². The third-order valence-corrected chi connectivity index (χ3v) is 5.79. The Morgan fingerprint density at radius 2 is 2.15 bits per heavy atom. The van der Waals surface area contributed by atoms with Crippen LogP contribution in [0, 0.1) is 11.3 Å². The molecule has 0 aromatic heterocycles. The maximum absolute atomic E-state index is 13.0. The van der Waals surface area contributed by atoms with Gasteiger partial charge < -0.3 is 25.0 Å². The van der Waals surface area contributed by atoms with Gasteiger partial charge in [-0.25, -0.2) is 0 Å². The second kappa shape index (κ2) is 6.53. The van der Waals surface area contributed by atoms with Crippen molar-refractivity contribution < 1.29 is 24.2 Å². The Bertz CT molecular complexity index is 811. The van der Waals surface area contributed by atoms with Gasteiger partial charge in [-0.3, -0.25) is 14.4 Å². The highest BCUT2D eigenvalue weighted by Crippen LogP contribution is 2.43. The third-order valence-electron chi connectivity index (χ3n) is 5.79. The van der Waals surface area contributed by atoms with Gasteiger partial charge >= 0.3 is 5.97 Å². The first-order valence-electron chi connectivity index (χ1n) is 9.24. The molecule has 1 aromatic rings. The molecule has 0 radical (unpaired) electrons. The number of likely N-dealkylation sites (tertiary alicyclic amines) is 2. The highest BCUT2D eigenvalue weighted by atomic mass is 16.5. The molecule has 0 unspecified atom stereocenters. The number of aliphatic carboxylic acids is 1. The molecule has 2 atom stereocenters. The number of ether oxygens (including phenoxy) is 1. The minimum absolute atomic E-state index is 0.0568. The number of hydrogen-bond acceptors (Lipinski definition) is 5. The molecule has 3 heterocycles. The normalized spacial score (nSPS) is 26.9. The lowest BCUT2D eigenvalue weighted by Crippen LogP contribution is -2.42. The molecule has 2 N–H and O–H groups in total. The molecule has 2 saturated heterocycles. The maximum atomic E-state index is 13.0. The zero-order valence-corrected chi connectivity index (χ0v) is 15.2. The number of benzene rings is 1. The maximum Gasteiger partial charge on any atom is 0.313 e. The van der Waals surface area contributed by atoms with Crippen LogP contribution in [0.1, 0.15) is 23.7 Å². The molecular weight excluding hydrogens is 350 g/mol. The first-order valence-corrected chi connectivity index (χ1v) is 9.24. The molecule has 0 bridgehead atoms. The zero-order valence-electron chi connectivity index (χ0n) is 15.2. The van der Waals surface area contributed by atoms with E-state index in [0.29, 0.717) is 36.6 Å². The van der Waals surface area contributed by atoms with Gasteiger partial charge in [0.2, 0.25) is 0 Å². The van der Waals surface area contributed by atoms with Gasteiger partial charge in [-0.2, -0.15) is 0 Å². The van der Waals surface area contributed by atoms with E-state index in [0.717, 1.165) is 13.0 Å². The van der Waals surface area contributed by atoms with Crippen molar-refractivity contribution in [2.24, 2.45) is 11.3 Å². The smallest absolute Gasteiger partial charge is 0.313 e. The van der Waals surface area contributed by atoms with Crippen LogP contribution in [0.3, 0.4) is 0 Å². The van der Waals surface area contributed by atoms with E-state index in [1.54, 1.807) is 23.1 Å². The largest absolute Gasteiger partial charge is 0.482 e. The average molecular weight is 373 g/mol. The number of rotatable bonds is 4. The Hall–Kier alpha value is -2.61. The molecule has 4 rings (SSSR count). The van der Waals surface area contributed by atoms with Gasteiger partial charge in [0.1, 0.15) is 11.2 Å². The first-order chi connectivity index (χ1) is 12.9. The lowest BCUT2D eigenvalue weighted by molar-refractivity contribution is -0.148. The summed E-state index contributed by atoms with van der Waals surface area (Å²) in [5, 5.41) is 12.6. The number of carbonyl (C=O) groups excluding carboxylic acids is 2. The van der Waals surface area contributed by atoms with Gasteiger partial charge in [0.15, 0.2) is 6.61 Å². The number of carbonyl (C=O) groups is 3. The number of amides is 2. The second-order valence-electron chi connectivity index (χ2n) is 7.63. The molecule has 3 aliphatic rings. The van der Waals surface area contributed by atoms with Crippen LogP contribution in [0.2, 0.25) is 0 Å². The number of nitrogens with one attached hydrogen (secondary N) is 1. The van der Waals surface area contributed by atoms with Crippen LogP contribution in [0.5, 0.6) is 5.75 Å². The number of nitrogens with zero attached hydrogens (tertiary/aromatic N) is 2. The second-order valence-corrected chi connectivity index (χ2v) is 7.63. The highest BCUT2D eigenvalue weighted by Gasteiger charge is 2.58. The lowest BCUT2D eigenvalue weighted by Gasteiger charge is -2.25. The molecule has 0 spiro atoms. The summed E-state index contributed by atoms with van der Waals surface area (Å²) in [6.45, 7) is 4.76. The summed E-state index contributed by atoms with van der Waals surface area (Å²) in [6, 6.07) is 4.90. The quantitative estimate of drug-likeness (QED) is 0.813. The number of carboxylic acid groups (broad SMARTS) is 1. The van der Waals surface area contributed by atoms with Gasteiger partial charge in [-0.1, -0.05) is 6.92 Å². The first kappa shape index (κ1) is 17.8. The summed E-state index contributed by atoms with van der Waals surface area (Å²) in [4.78, 5) is 40.2. The predicted molar refractivity (Wildman–Crippen MR) is 96.8 cm³/mol. The van der Waals surface area contributed by atoms with E-state index in [-0.39, 0.29) is 30.9 Å². The van der Waals surface area contributed by atoms with Crippen molar-refractivity contribution in [3.05, 3.63) is 23.8 Å². The summed E-state index contributed by atoms with van der Waals surface area (Å²) in [7, 11) is 0. The monoisotopic (exact) mass is 373 g/mol. The SMILES string of the molecule is CCCN1C[C@@H]2CN(C(=O)c3ccc4c(c3)OCC(=O)N4)C[C@]2(C(=O)O)C1. The number of anilines is 1. The highest BCUT2D eigenvalue weighted by molar-refractivity contribution is 5.99. The van der Waals surface area contributed by atoms with Crippen molar-refractivity contribution in [2.45, 2.75) is 13.3 Å². The molecule has 3 aliphatic heterocycles. The van der Waals surface area contributed by atoms with Crippen molar-refractivity contribution in [1.82, 2.24) is 9.80 Å². The molecule has 27 heavy (non-hydrogen) atoms. The van der Waals surface area contributed by atoms with Crippen LogP contribution >= 0.6 is 0 Å². The zero-order chi connectivity index (χ0) is 19.2. The van der Waals surface area contributed by atoms with Gasteiger partial charge in [0, 0.05) is 37.7 Å². The van der Waals surface area contributed by atoms with Crippen LogP contribution in [-0.2, 0) is 9.59 Å². The molecule has 2 fully saturated rings. The van der Waals surface area contributed by atoms with Crippen molar-refractivity contribution >= 4 is 23.5 Å². The Kier molecular flexibility index (Phi) is 4.30. The Morgan fingerprint density at radius 3 is 2.85 bits per heavy atom. The van der Waals surface area contributed by atoms with E-state index >= 15 is 0 Å². The fourth-order valence-corrected chi connectivity index (χ4v) is 4.50.